The minimum absolute atomic E-state index is 0.00699. The first-order chi connectivity index (χ1) is 10.2. The Hall–Kier alpha value is -2.18. The van der Waals surface area contributed by atoms with E-state index in [1.165, 1.54) is 0 Å². The molecule has 2 unspecified atom stereocenters. The fourth-order valence-corrected chi connectivity index (χ4v) is 2.94. The van der Waals surface area contributed by atoms with Gasteiger partial charge in [0.2, 0.25) is 5.91 Å². The summed E-state index contributed by atoms with van der Waals surface area (Å²) in [5, 5.41) is 9.05. The molecule has 1 amide bonds. The summed E-state index contributed by atoms with van der Waals surface area (Å²) in [6, 6.07) is 0. The summed E-state index contributed by atoms with van der Waals surface area (Å²) in [5.74, 6) is -0.858. The monoisotopic (exact) mass is 290 g/mol. The third-order valence-electron chi connectivity index (χ3n) is 4.37. The number of carboxylic acids is 1. The zero-order valence-corrected chi connectivity index (χ0v) is 11.7. The molecule has 2 heterocycles. The summed E-state index contributed by atoms with van der Waals surface area (Å²) in [7, 11) is 0. The molecule has 1 aliphatic carbocycles. The molecule has 3 rings (SSSR count). The first-order valence-corrected chi connectivity index (χ1v) is 7.19. The number of hydrogen-bond donors (Lipinski definition) is 1. The maximum Gasteiger partial charge on any atom is 0.307 e. The van der Waals surface area contributed by atoms with Gasteiger partial charge in [0.1, 0.15) is 5.82 Å². The van der Waals surface area contributed by atoms with Crippen LogP contribution in [-0.2, 0) is 9.59 Å². The minimum atomic E-state index is -0.849. The number of anilines is 1. The molecule has 1 aliphatic heterocycles. The van der Waals surface area contributed by atoms with E-state index in [1.807, 2.05) is 0 Å². The molecule has 2 atom stereocenters. The van der Waals surface area contributed by atoms with Crippen molar-refractivity contribution >= 4 is 17.7 Å². The van der Waals surface area contributed by atoms with Crippen LogP contribution < -0.4 is 4.90 Å². The number of carboxylic acid groups (broad SMARTS) is 1. The van der Waals surface area contributed by atoms with E-state index in [9.17, 15) is 9.59 Å². The number of aliphatic carboxylic acids is 1. The molecule has 21 heavy (non-hydrogen) atoms. The van der Waals surface area contributed by atoms with Crippen molar-refractivity contribution in [3.05, 3.63) is 18.6 Å². The molecule has 1 N–H and O–H groups in total. The number of carbonyl (C=O) groups is 2. The second kappa shape index (κ2) is 5.67. The van der Waals surface area contributed by atoms with E-state index in [4.69, 9.17) is 5.11 Å². The highest BCUT2D eigenvalue weighted by Crippen LogP contribution is 2.36. The molecule has 0 bridgehead atoms. The molecule has 2 fully saturated rings. The second-order valence-corrected chi connectivity index (χ2v) is 5.50. The van der Waals surface area contributed by atoms with Gasteiger partial charge in [-0.25, -0.2) is 4.98 Å². The average molecular weight is 290 g/mol. The lowest BCUT2D eigenvalue weighted by Gasteiger charge is -2.40. The third-order valence-corrected chi connectivity index (χ3v) is 4.37. The summed E-state index contributed by atoms with van der Waals surface area (Å²) in [6.07, 6.45) is 6.31. The summed E-state index contributed by atoms with van der Waals surface area (Å²) < 4.78 is 0. The Bertz CT molecular complexity index is 528. The zero-order valence-electron chi connectivity index (χ0n) is 11.7. The van der Waals surface area contributed by atoms with Gasteiger partial charge in [0, 0.05) is 38.6 Å². The number of amides is 1. The molecular weight excluding hydrogens is 272 g/mol. The number of rotatable bonds is 3. The highest BCUT2D eigenvalue weighted by molar-refractivity contribution is 5.86. The molecular formula is C14H18N4O3. The first kappa shape index (κ1) is 13.8. The number of aromatic nitrogens is 2. The molecule has 2 aliphatic rings. The van der Waals surface area contributed by atoms with Crippen LogP contribution in [0.15, 0.2) is 18.6 Å². The van der Waals surface area contributed by atoms with Crippen LogP contribution in [0, 0.1) is 11.8 Å². The van der Waals surface area contributed by atoms with Crippen molar-refractivity contribution in [1.82, 2.24) is 14.9 Å². The van der Waals surface area contributed by atoms with Gasteiger partial charge in [-0.2, -0.15) is 0 Å². The van der Waals surface area contributed by atoms with Crippen molar-refractivity contribution in [2.24, 2.45) is 11.8 Å². The van der Waals surface area contributed by atoms with Crippen LogP contribution in [0.5, 0.6) is 0 Å². The summed E-state index contributed by atoms with van der Waals surface area (Å²) >= 11 is 0. The van der Waals surface area contributed by atoms with Crippen LogP contribution in [0.4, 0.5) is 5.82 Å². The maximum absolute atomic E-state index is 12.4. The standard InChI is InChI=1S/C14H18N4O3/c19-13(10-1-2-11(10)14(20)21)18-7-5-17(6-8-18)12-9-15-3-4-16-12/h3-4,9-11H,1-2,5-8H2,(H,20,21). The van der Waals surface area contributed by atoms with Gasteiger partial charge >= 0.3 is 5.97 Å². The highest BCUT2D eigenvalue weighted by atomic mass is 16.4. The van der Waals surface area contributed by atoms with Crippen LogP contribution >= 0.6 is 0 Å². The van der Waals surface area contributed by atoms with Crippen LogP contribution in [0.1, 0.15) is 12.8 Å². The molecule has 0 spiro atoms. The molecule has 1 aromatic rings. The van der Waals surface area contributed by atoms with Crippen molar-refractivity contribution in [2.75, 3.05) is 31.1 Å². The fourth-order valence-electron chi connectivity index (χ4n) is 2.94. The Morgan fingerprint density at radius 3 is 2.33 bits per heavy atom. The van der Waals surface area contributed by atoms with Gasteiger partial charge in [-0.3, -0.25) is 14.6 Å². The van der Waals surface area contributed by atoms with Gasteiger partial charge < -0.3 is 14.9 Å². The Kier molecular flexibility index (Phi) is 3.72. The van der Waals surface area contributed by atoms with E-state index in [0.717, 1.165) is 5.82 Å². The van der Waals surface area contributed by atoms with E-state index < -0.39 is 11.9 Å². The first-order valence-electron chi connectivity index (χ1n) is 7.19. The molecule has 0 aromatic carbocycles. The quantitative estimate of drug-likeness (QED) is 0.858. The smallest absolute Gasteiger partial charge is 0.307 e. The highest BCUT2D eigenvalue weighted by Gasteiger charge is 2.43. The van der Waals surface area contributed by atoms with E-state index in [2.05, 4.69) is 14.9 Å². The van der Waals surface area contributed by atoms with Gasteiger partial charge in [-0.1, -0.05) is 0 Å². The van der Waals surface area contributed by atoms with Crippen LogP contribution in [0.2, 0.25) is 0 Å². The van der Waals surface area contributed by atoms with Gasteiger partial charge in [-0.05, 0) is 12.8 Å². The number of piperazine rings is 1. The minimum Gasteiger partial charge on any atom is -0.481 e. The van der Waals surface area contributed by atoms with E-state index >= 15 is 0 Å². The Morgan fingerprint density at radius 1 is 1.10 bits per heavy atom. The lowest BCUT2D eigenvalue weighted by molar-refractivity contribution is -0.156. The normalized spacial score (nSPS) is 25.3. The van der Waals surface area contributed by atoms with Crippen molar-refractivity contribution < 1.29 is 14.7 Å². The molecule has 0 radical (unpaired) electrons. The fraction of sp³-hybridized carbons (Fsp3) is 0.571. The van der Waals surface area contributed by atoms with Crippen molar-refractivity contribution in [3.63, 3.8) is 0 Å². The maximum atomic E-state index is 12.4. The molecule has 112 valence electrons. The Labute approximate surface area is 122 Å². The lowest BCUT2D eigenvalue weighted by Crippen LogP contribution is -2.53. The average Bonchev–Trinajstić information content (AvgIpc) is 2.46. The van der Waals surface area contributed by atoms with Gasteiger partial charge in [0.15, 0.2) is 0 Å². The summed E-state index contributed by atoms with van der Waals surface area (Å²) in [4.78, 5) is 35.5. The van der Waals surface area contributed by atoms with Crippen molar-refractivity contribution in [1.29, 1.82) is 0 Å². The van der Waals surface area contributed by atoms with Crippen LogP contribution in [0.25, 0.3) is 0 Å². The molecule has 1 saturated heterocycles. The lowest BCUT2D eigenvalue weighted by atomic mass is 9.73. The Balaban J connectivity index is 1.56. The number of nitrogens with zero attached hydrogens (tertiary/aromatic N) is 4. The third kappa shape index (κ3) is 2.68. The van der Waals surface area contributed by atoms with Gasteiger partial charge in [0.25, 0.3) is 0 Å². The molecule has 7 nitrogen and oxygen atoms in total. The largest absolute Gasteiger partial charge is 0.481 e. The molecule has 1 saturated carbocycles. The van der Waals surface area contributed by atoms with Crippen molar-refractivity contribution in [2.45, 2.75) is 12.8 Å². The molecule has 1 aromatic heterocycles. The summed E-state index contributed by atoms with van der Waals surface area (Å²) in [5.41, 5.74) is 0. The van der Waals surface area contributed by atoms with Crippen LogP contribution in [-0.4, -0.2) is 58.0 Å². The van der Waals surface area contributed by atoms with E-state index in [0.29, 0.717) is 39.0 Å². The molecule has 7 heteroatoms. The number of hydrogen-bond acceptors (Lipinski definition) is 5. The summed E-state index contributed by atoms with van der Waals surface area (Å²) in [6.45, 7) is 2.63. The number of carbonyl (C=O) groups excluding carboxylic acids is 1. The van der Waals surface area contributed by atoms with Crippen LogP contribution in [0.3, 0.4) is 0 Å². The predicted molar refractivity (Wildman–Crippen MR) is 74.7 cm³/mol. The second-order valence-electron chi connectivity index (χ2n) is 5.50. The zero-order chi connectivity index (χ0) is 14.8. The van der Waals surface area contributed by atoms with Crippen molar-refractivity contribution in [3.8, 4) is 0 Å². The van der Waals surface area contributed by atoms with E-state index in [1.54, 1.807) is 23.5 Å². The van der Waals surface area contributed by atoms with Gasteiger partial charge in [0.05, 0.1) is 18.0 Å². The predicted octanol–water partition coefficient (Wildman–Crippen LogP) is 0.236. The van der Waals surface area contributed by atoms with Gasteiger partial charge in [-0.15, -0.1) is 0 Å². The Morgan fingerprint density at radius 2 is 1.81 bits per heavy atom. The van der Waals surface area contributed by atoms with E-state index in [-0.39, 0.29) is 11.8 Å². The topological polar surface area (TPSA) is 86.6 Å². The SMILES string of the molecule is O=C(O)C1CCC1C(=O)N1CCN(c2cnccn2)CC1.